The van der Waals surface area contributed by atoms with Crippen LogP contribution in [0.2, 0.25) is 0 Å². The maximum atomic E-state index is 12.1. The van der Waals surface area contributed by atoms with Crippen LogP contribution in [0.15, 0.2) is 0 Å². The Morgan fingerprint density at radius 2 is 2.05 bits per heavy atom. The molecule has 0 aliphatic carbocycles. The standard InChI is InChI=1S/C11H21N3O4S/c1-8(2)14(6-10(12)15)11(16)5-9-7-19(17,18)4-3-13-9/h8-9,13H,3-7H2,1-2H3,(H2,12,15). The third kappa shape index (κ3) is 5.15. The number of nitrogens with zero attached hydrogens (tertiary/aromatic N) is 1. The van der Waals surface area contributed by atoms with Crippen LogP contribution >= 0.6 is 0 Å². The fourth-order valence-corrected chi connectivity index (χ4v) is 3.50. The van der Waals surface area contributed by atoms with E-state index in [9.17, 15) is 18.0 Å². The van der Waals surface area contributed by atoms with E-state index in [1.54, 1.807) is 13.8 Å². The zero-order valence-electron chi connectivity index (χ0n) is 11.3. The summed E-state index contributed by atoms with van der Waals surface area (Å²) in [4.78, 5) is 24.4. The van der Waals surface area contributed by atoms with E-state index in [4.69, 9.17) is 5.73 Å². The Morgan fingerprint density at radius 3 is 2.53 bits per heavy atom. The van der Waals surface area contributed by atoms with Crippen LogP contribution < -0.4 is 11.1 Å². The number of nitrogens with one attached hydrogen (secondary N) is 1. The molecule has 0 bridgehead atoms. The summed E-state index contributed by atoms with van der Waals surface area (Å²) in [7, 11) is -3.07. The van der Waals surface area contributed by atoms with E-state index in [2.05, 4.69) is 5.32 Å². The van der Waals surface area contributed by atoms with Crippen LogP contribution in [0.4, 0.5) is 0 Å². The van der Waals surface area contributed by atoms with Gasteiger partial charge in [-0.05, 0) is 13.8 Å². The summed E-state index contributed by atoms with van der Waals surface area (Å²) in [6.07, 6.45) is 0.0602. The molecule has 8 heteroatoms. The predicted molar refractivity (Wildman–Crippen MR) is 71.1 cm³/mol. The molecule has 1 fully saturated rings. The van der Waals surface area contributed by atoms with Gasteiger partial charge >= 0.3 is 0 Å². The molecule has 0 saturated carbocycles. The summed E-state index contributed by atoms with van der Waals surface area (Å²) in [5.41, 5.74) is 5.10. The van der Waals surface area contributed by atoms with Crippen LogP contribution in [0.25, 0.3) is 0 Å². The third-order valence-corrected chi connectivity index (χ3v) is 4.73. The van der Waals surface area contributed by atoms with Gasteiger partial charge in [0.15, 0.2) is 9.84 Å². The van der Waals surface area contributed by atoms with Gasteiger partial charge in [-0.2, -0.15) is 0 Å². The minimum atomic E-state index is -3.07. The second-order valence-corrected chi connectivity index (χ2v) is 7.28. The molecule has 7 nitrogen and oxygen atoms in total. The Labute approximate surface area is 113 Å². The van der Waals surface area contributed by atoms with Gasteiger partial charge in [0.05, 0.1) is 18.1 Å². The summed E-state index contributed by atoms with van der Waals surface area (Å²) in [6, 6.07) is -0.541. The predicted octanol–water partition coefficient (Wildman–Crippen LogP) is -1.51. The fourth-order valence-electron chi connectivity index (χ4n) is 2.05. The van der Waals surface area contributed by atoms with Crippen molar-refractivity contribution in [3.05, 3.63) is 0 Å². The van der Waals surface area contributed by atoms with E-state index >= 15 is 0 Å². The molecule has 0 radical (unpaired) electrons. The molecule has 0 aromatic heterocycles. The maximum Gasteiger partial charge on any atom is 0.237 e. The first kappa shape index (κ1) is 15.9. The number of nitrogens with two attached hydrogens (primary N) is 1. The lowest BCUT2D eigenvalue weighted by Gasteiger charge is -2.29. The summed E-state index contributed by atoms with van der Waals surface area (Å²) in [5, 5.41) is 3.01. The monoisotopic (exact) mass is 291 g/mol. The first-order valence-corrected chi connectivity index (χ1v) is 8.05. The quantitative estimate of drug-likeness (QED) is 0.639. The number of amides is 2. The van der Waals surface area contributed by atoms with Crippen molar-refractivity contribution in [3.63, 3.8) is 0 Å². The van der Waals surface area contributed by atoms with Gasteiger partial charge in [-0.25, -0.2) is 8.42 Å². The van der Waals surface area contributed by atoms with Crippen LogP contribution in [-0.2, 0) is 19.4 Å². The summed E-state index contributed by atoms with van der Waals surface area (Å²) < 4.78 is 23.0. The van der Waals surface area contributed by atoms with Crippen molar-refractivity contribution >= 4 is 21.7 Å². The highest BCUT2D eigenvalue weighted by Crippen LogP contribution is 2.09. The Hall–Kier alpha value is -1.15. The van der Waals surface area contributed by atoms with Crippen LogP contribution in [0.3, 0.4) is 0 Å². The van der Waals surface area contributed by atoms with Crippen molar-refractivity contribution in [2.45, 2.75) is 32.4 Å². The fraction of sp³-hybridized carbons (Fsp3) is 0.818. The molecule has 1 saturated heterocycles. The molecular weight excluding hydrogens is 270 g/mol. The third-order valence-electron chi connectivity index (χ3n) is 2.99. The molecule has 1 unspecified atom stereocenters. The number of carbonyl (C=O) groups excluding carboxylic acids is 2. The smallest absolute Gasteiger partial charge is 0.237 e. The van der Waals surface area contributed by atoms with Crippen molar-refractivity contribution in [2.24, 2.45) is 5.73 Å². The van der Waals surface area contributed by atoms with E-state index in [0.717, 1.165) is 0 Å². The van der Waals surface area contributed by atoms with E-state index in [1.165, 1.54) is 4.90 Å². The molecule has 1 rings (SSSR count). The van der Waals surface area contributed by atoms with E-state index in [-0.39, 0.29) is 42.5 Å². The Kier molecular flexibility index (Phi) is 5.30. The van der Waals surface area contributed by atoms with Crippen LogP contribution in [0.5, 0.6) is 0 Å². The molecule has 1 aliphatic rings. The summed E-state index contributed by atoms with van der Waals surface area (Å²) in [5.74, 6) is -0.775. The first-order chi connectivity index (χ1) is 8.71. The highest BCUT2D eigenvalue weighted by atomic mass is 32.2. The van der Waals surface area contributed by atoms with Gasteiger partial charge < -0.3 is 16.0 Å². The molecule has 0 spiro atoms. The van der Waals surface area contributed by atoms with Crippen LogP contribution in [0.1, 0.15) is 20.3 Å². The largest absolute Gasteiger partial charge is 0.368 e. The van der Waals surface area contributed by atoms with Gasteiger partial charge in [0.1, 0.15) is 0 Å². The zero-order chi connectivity index (χ0) is 14.6. The number of primary amides is 1. The normalized spacial score (nSPS) is 22.2. The van der Waals surface area contributed by atoms with Crippen molar-refractivity contribution in [1.82, 2.24) is 10.2 Å². The van der Waals surface area contributed by atoms with Gasteiger partial charge in [-0.1, -0.05) is 0 Å². The molecule has 1 aliphatic heterocycles. The average Bonchev–Trinajstić information content (AvgIpc) is 2.23. The molecule has 2 amide bonds. The van der Waals surface area contributed by atoms with E-state index < -0.39 is 15.7 Å². The lowest BCUT2D eigenvalue weighted by atomic mass is 10.2. The average molecular weight is 291 g/mol. The second kappa shape index (κ2) is 6.33. The van der Waals surface area contributed by atoms with Gasteiger partial charge in [0.25, 0.3) is 0 Å². The number of carbonyl (C=O) groups is 2. The van der Waals surface area contributed by atoms with E-state index in [1.807, 2.05) is 0 Å². The van der Waals surface area contributed by atoms with Gasteiger partial charge in [0.2, 0.25) is 11.8 Å². The van der Waals surface area contributed by atoms with Crippen LogP contribution in [-0.4, -0.2) is 61.8 Å². The highest BCUT2D eigenvalue weighted by molar-refractivity contribution is 7.91. The number of hydrogen-bond acceptors (Lipinski definition) is 5. The van der Waals surface area contributed by atoms with Crippen molar-refractivity contribution in [2.75, 3.05) is 24.6 Å². The molecule has 0 aromatic carbocycles. The van der Waals surface area contributed by atoms with Gasteiger partial charge in [0, 0.05) is 25.0 Å². The van der Waals surface area contributed by atoms with Crippen molar-refractivity contribution in [3.8, 4) is 0 Å². The molecule has 19 heavy (non-hydrogen) atoms. The minimum absolute atomic E-state index is 0.0404. The summed E-state index contributed by atoms with van der Waals surface area (Å²) >= 11 is 0. The number of rotatable bonds is 5. The molecule has 1 heterocycles. The Morgan fingerprint density at radius 1 is 1.42 bits per heavy atom. The Balaban J connectivity index is 2.63. The minimum Gasteiger partial charge on any atom is -0.368 e. The van der Waals surface area contributed by atoms with Gasteiger partial charge in [-0.15, -0.1) is 0 Å². The number of sulfone groups is 1. The maximum absolute atomic E-state index is 12.1. The lowest BCUT2D eigenvalue weighted by molar-refractivity contribution is -0.137. The lowest BCUT2D eigenvalue weighted by Crippen LogP contribution is -2.50. The highest BCUT2D eigenvalue weighted by Gasteiger charge is 2.28. The van der Waals surface area contributed by atoms with Gasteiger partial charge in [-0.3, -0.25) is 9.59 Å². The van der Waals surface area contributed by atoms with Crippen molar-refractivity contribution in [1.29, 1.82) is 0 Å². The second-order valence-electron chi connectivity index (χ2n) is 5.05. The zero-order valence-corrected chi connectivity index (χ0v) is 12.1. The molecular formula is C11H21N3O4S. The molecule has 3 N–H and O–H groups in total. The topological polar surface area (TPSA) is 110 Å². The SMILES string of the molecule is CC(C)N(CC(N)=O)C(=O)CC1CS(=O)(=O)CCN1. The molecule has 1 atom stereocenters. The van der Waals surface area contributed by atoms with E-state index in [0.29, 0.717) is 6.54 Å². The summed E-state index contributed by atoms with van der Waals surface area (Å²) in [6.45, 7) is 3.78. The molecule has 0 aromatic rings. The molecule has 110 valence electrons. The Bertz CT molecular complexity index is 447. The number of hydrogen-bond donors (Lipinski definition) is 2. The first-order valence-electron chi connectivity index (χ1n) is 6.23. The van der Waals surface area contributed by atoms with Crippen molar-refractivity contribution < 1.29 is 18.0 Å². The van der Waals surface area contributed by atoms with Crippen LogP contribution in [0, 0.1) is 0 Å².